The number of fused-ring (bicyclic) bond motifs is 1. The van der Waals surface area contributed by atoms with E-state index < -0.39 is 19.5 Å². The molecule has 1 unspecified atom stereocenters. The Hall–Kier alpha value is -5.07. The molecule has 5 aromatic carbocycles. The first-order valence-corrected chi connectivity index (χ1v) is 14.5. The largest absolute Gasteiger partial charge is 0.457 e. The highest BCUT2D eigenvalue weighted by atomic mass is 31.2. The fourth-order valence-electron chi connectivity index (χ4n) is 4.29. The molecule has 0 saturated heterocycles. The molecule has 5 rings (SSSR count). The van der Waals surface area contributed by atoms with Gasteiger partial charge in [-0.3, -0.25) is 5.41 Å². The summed E-state index contributed by atoms with van der Waals surface area (Å²) in [6.07, 6.45) is -0.813. The average Bonchev–Trinajstić information content (AvgIpc) is 2.99. The third-order valence-corrected chi connectivity index (χ3v) is 8.29. The lowest BCUT2D eigenvalue weighted by molar-refractivity contribution is 0.137. The van der Waals surface area contributed by atoms with Gasteiger partial charge in [0.15, 0.2) is 5.78 Å². The Kier molecular flexibility index (Phi) is 8.32. The number of amides is 1. The van der Waals surface area contributed by atoms with Crippen LogP contribution in [0.2, 0.25) is 0 Å². The van der Waals surface area contributed by atoms with Gasteiger partial charge < -0.3 is 24.8 Å². The van der Waals surface area contributed by atoms with Crippen molar-refractivity contribution in [3.05, 3.63) is 144 Å². The normalized spacial score (nSPS) is 11.8. The molecular formula is C32H28N3O5P. The van der Waals surface area contributed by atoms with Crippen LogP contribution in [0.25, 0.3) is 10.8 Å². The molecule has 1 amide bonds. The van der Waals surface area contributed by atoms with Gasteiger partial charge in [-0.25, -0.2) is 9.36 Å². The van der Waals surface area contributed by atoms with Crippen LogP contribution in [0.5, 0.6) is 11.5 Å². The fourth-order valence-corrected chi connectivity index (χ4v) is 6.17. The van der Waals surface area contributed by atoms with E-state index in [1.165, 1.54) is 0 Å². The summed E-state index contributed by atoms with van der Waals surface area (Å²) in [6, 6.07) is 37.2. The quantitative estimate of drug-likeness (QED) is 0.0921. The van der Waals surface area contributed by atoms with Crippen molar-refractivity contribution in [2.45, 2.75) is 12.4 Å². The van der Waals surface area contributed by atoms with Crippen molar-refractivity contribution in [2.75, 3.05) is 0 Å². The first kappa shape index (κ1) is 27.5. The number of nitrogen functional groups attached to an aromatic ring is 1. The Morgan fingerprint density at radius 3 is 1.93 bits per heavy atom. The maximum Gasteiger partial charge on any atom is 0.457 e. The first-order valence-electron chi connectivity index (χ1n) is 12.8. The van der Waals surface area contributed by atoms with Crippen LogP contribution < -0.4 is 20.1 Å². The molecule has 41 heavy (non-hydrogen) atoms. The van der Waals surface area contributed by atoms with E-state index in [1.807, 2.05) is 42.5 Å². The number of ether oxygens (including phenoxy) is 1. The number of alkyl carbamates (subject to hydrolysis) is 1. The Bertz CT molecular complexity index is 1650. The molecule has 0 radical (unpaired) electrons. The van der Waals surface area contributed by atoms with Gasteiger partial charge in [0.25, 0.3) is 0 Å². The van der Waals surface area contributed by atoms with E-state index in [1.54, 1.807) is 84.9 Å². The second-order valence-corrected chi connectivity index (χ2v) is 11.1. The molecule has 0 aromatic heterocycles. The lowest BCUT2D eigenvalue weighted by Crippen LogP contribution is -2.31. The minimum atomic E-state index is -4.22. The Morgan fingerprint density at radius 1 is 0.756 bits per heavy atom. The summed E-state index contributed by atoms with van der Waals surface area (Å²) in [6.45, 7) is -0.00737. The molecule has 4 N–H and O–H groups in total. The molecule has 0 aliphatic rings. The molecular weight excluding hydrogens is 537 g/mol. The van der Waals surface area contributed by atoms with Gasteiger partial charge in [-0.2, -0.15) is 0 Å². The van der Waals surface area contributed by atoms with Crippen LogP contribution in [0.1, 0.15) is 22.5 Å². The molecule has 0 saturated carbocycles. The molecule has 0 fully saturated rings. The van der Waals surface area contributed by atoms with Crippen LogP contribution in [0.4, 0.5) is 4.79 Å². The van der Waals surface area contributed by atoms with E-state index in [4.69, 9.17) is 24.9 Å². The smallest absolute Gasteiger partial charge is 0.445 e. The van der Waals surface area contributed by atoms with Gasteiger partial charge in [0.05, 0.1) is 0 Å². The summed E-state index contributed by atoms with van der Waals surface area (Å²) in [5.41, 5.74) is 7.33. The van der Waals surface area contributed by atoms with Crippen LogP contribution in [0.3, 0.4) is 0 Å². The molecule has 5 aromatic rings. The highest BCUT2D eigenvalue weighted by Gasteiger charge is 2.42. The number of carbonyl (C=O) groups excluding carboxylic acids is 1. The van der Waals surface area contributed by atoms with Crippen LogP contribution in [0, 0.1) is 5.41 Å². The summed E-state index contributed by atoms with van der Waals surface area (Å²) in [5, 5.41) is 12.4. The minimum absolute atomic E-state index is 0.00737. The number of carbonyl (C=O) groups is 1. The molecule has 1 atom stereocenters. The van der Waals surface area contributed by atoms with Crippen LogP contribution >= 0.6 is 7.60 Å². The van der Waals surface area contributed by atoms with Crippen molar-refractivity contribution in [1.82, 2.24) is 5.32 Å². The standard InChI is InChI=1S/C32H28N3O5P/c33-30(34)24-18-20-25(21-19-24)31(35-32(36)38-22-26-12-9-11-23-10-7-8-17-29(23)26)41(37,39-27-13-3-1-4-14-27)40-28-15-5-2-6-16-28/h1-21,31H,22H2,(H3,33,34)(H,35,36). The van der Waals surface area contributed by atoms with E-state index >= 15 is 0 Å². The Morgan fingerprint density at radius 2 is 1.32 bits per heavy atom. The van der Waals surface area contributed by atoms with Crippen LogP contribution in [0.15, 0.2) is 127 Å². The predicted octanol–water partition coefficient (Wildman–Crippen LogP) is 7.40. The van der Waals surface area contributed by atoms with Crippen molar-refractivity contribution in [3.63, 3.8) is 0 Å². The van der Waals surface area contributed by atoms with E-state index in [9.17, 15) is 9.36 Å². The third-order valence-electron chi connectivity index (χ3n) is 6.30. The van der Waals surface area contributed by atoms with Gasteiger partial charge in [-0.05, 0) is 46.2 Å². The average molecular weight is 566 g/mol. The maximum atomic E-state index is 14.7. The number of amidine groups is 1. The topological polar surface area (TPSA) is 124 Å². The summed E-state index contributed by atoms with van der Waals surface area (Å²) >= 11 is 0. The molecule has 0 heterocycles. The van der Waals surface area contributed by atoms with E-state index in [-0.39, 0.29) is 12.4 Å². The summed E-state index contributed by atoms with van der Waals surface area (Å²) in [5.74, 6) is -0.810. The van der Waals surface area contributed by atoms with Crippen molar-refractivity contribution < 1.29 is 23.1 Å². The minimum Gasteiger partial charge on any atom is -0.445 e. The molecule has 0 spiro atoms. The lowest BCUT2D eigenvalue weighted by Gasteiger charge is -2.28. The number of nitrogens with two attached hydrogens (primary N) is 1. The molecule has 0 aliphatic heterocycles. The number of rotatable bonds is 10. The van der Waals surface area contributed by atoms with E-state index in [2.05, 4.69) is 5.32 Å². The third kappa shape index (κ3) is 6.75. The SMILES string of the molecule is N=C(N)c1ccc(C(NC(=O)OCc2cccc3ccccc23)P(=O)(Oc2ccccc2)Oc2ccccc2)cc1. The van der Waals surface area contributed by atoms with Crippen LogP contribution in [-0.4, -0.2) is 11.9 Å². The van der Waals surface area contributed by atoms with E-state index in [0.29, 0.717) is 22.6 Å². The number of nitrogens with one attached hydrogen (secondary N) is 2. The maximum absolute atomic E-state index is 14.7. The second-order valence-electron chi connectivity index (χ2n) is 9.15. The summed E-state index contributed by atoms with van der Waals surface area (Å²) in [7, 11) is -4.22. The fraction of sp³-hybridized carbons (Fsp3) is 0.0625. The monoisotopic (exact) mass is 565 g/mol. The van der Waals surface area contributed by atoms with Crippen molar-refractivity contribution in [2.24, 2.45) is 5.73 Å². The summed E-state index contributed by atoms with van der Waals surface area (Å²) in [4.78, 5) is 13.2. The van der Waals surface area contributed by atoms with Gasteiger partial charge in [-0.15, -0.1) is 0 Å². The lowest BCUT2D eigenvalue weighted by atomic mass is 10.1. The molecule has 9 heteroatoms. The van der Waals surface area contributed by atoms with Gasteiger partial charge in [0, 0.05) is 5.56 Å². The van der Waals surface area contributed by atoms with E-state index in [0.717, 1.165) is 16.3 Å². The predicted molar refractivity (Wildman–Crippen MR) is 159 cm³/mol. The second kappa shape index (κ2) is 12.4. The molecule has 0 bridgehead atoms. The Balaban J connectivity index is 1.48. The van der Waals surface area contributed by atoms with Gasteiger partial charge >= 0.3 is 13.7 Å². The van der Waals surface area contributed by atoms with Gasteiger partial charge in [-0.1, -0.05) is 103 Å². The number of para-hydroxylation sites is 2. The first-order chi connectivity index (χ1) is 19.9. The molecule has 206 valence electrons. The zero-order valence-corrected chi connectivity index (χ0v) is 22.9. The van der Waals surface area contributed by atoms with Crippen LogP contribution in [-0.2, 0) is 15.9 Å². The van der Waals surface area contributed by atoms with Gasteiger partial charge in [0.1, 0.15) is 23.9 Å². The van der Waals surface area contributed by atoms with Gasteiger partial charge in [0.2, 0.25) is 0 Å². The summed E-state index contributed by atoms with van der Waals surface area (Å²) < 4.78 is 32.3. The number of hydrogen-bond donors (Lipinski definition) is 3. The highest BCUT2D eigenvalue weighted by Crippen LogP contribution is 2.59. The van der Waals surface area contributed by atoms with Crippen molar-refractivity contribution >= 4 is 30.3 Å². The highest BCUT2D eigenvalue weighted by molar-refractivity contribution is 7.55. The number of benzene rings is 5. The van der Waals surface area contributed by atoms with Crippen molar-refractivity contribution in [3.8, 4) is 11.5 Å². The zero-order chi connectivity index (χ0) is 28.7. The molecule has 0 aliphatic carbocycles. The van der Waals surface area contributed by atoms with Crippen molar-refractivity contribution in [1.29, 1.82) is 5.41 Å². The zero-order valence-electron chi connectivity index (χ0n) is 22.0. The number of hydrogen-bond acceptors (Lipinski definition) is 6. The Labute approximate surface area is 237 Å². The molecule has 8 nitrogen and oxygen atoms in total.